The van der Waals surface area contributed by atoms with Crippen molar-refractivity contribution in [2.75, 3.05) is 0 Å². The minimum absolute atomic E-state index is 0.0860. The van der Waals surface area contributed by atoms with Crippen LogP contribution in [0.3, 0.4) is 0 Å². The van der Waals surface area contributed by atoms with Crippen molar-refractivity contribution in [2.24, 2.45) is 5.92 Å². The first-order valence-corrected chi connectivity index (χ1v) is 6.82. The number of Topliss-reactive ketones (excluding diaryl/α,β-unsaturated/α-hetero) is 1. The Morgan fingerprint density at radius 2 is 1.56 bits per heavy atom. The molecule has 0 aromatic heterocycles. The Balaban J connectivity index is 3.08. The lowest BCUT2D eigenvalue weighted by atomic mass is 9.86. The summed E-state index contributed by atoms with van der Waals surface area (Å²) in [4.78, 5) is 12.6. The molecule has 0 amide bonds. The fraction of sp³-hybridized carbons (Fsp3) is 0.562. The molecule has 0 aliphatic rings. The molecule has 0 radical (unpaired) electrons. The molecule has 1 aromatic carbocycles. The van der Waals surface area contributed by atoms with Gasteiger partial charge in [-0.1, -0.05) is 26.7 Å². The molecule has 0 unspecified atom stereocenters. The van der Waals surface area contributed by atoms with E-state index in [1.165, 1.54) is 12.1 Å². The average Bonchev–Trinajstić information content (AvgIpc) is 2.27. The van der Waals surface area contributed by atoms with Gasteiger partial charge in [0, 0.05) is 11.5 Å². The fourth-order valence-electron chi connectivity index (χ4n) is 2.61. The summed E-state index contributed by atoms with van der Waals surface area (Å²) in [5.41, 5.74) is 2.24. The Bertz CT molecular complexity index is 394. The first-order valence-electron chi connectivity index (χ1n) is 6.82. The van der Waals surface area contributed by atoms with Gasteiger partial charge in [-0.25, -0.2) is 4.39 Å². The van der Waals surface area contributed by atoms with E-state index in [1.807, 2.05) is 13.8 Å². The van der Waals surface area contributed by atoms with Crippen LogP contribution < -0.4 is 0 Å². The zero-order valence-electron chi connectivity index (χ0n) is 11.8. The summed E-state index contributed by atoms with van der Waals surface area (Å²) in [7, 11) is 0. The predicted octanol–water partition coefficient (Wildman–Crippen LogP) is 4.84. The van der Waals surface area contributed by atoms with Gasteiger partial charge in [-0.3, -0.25) is 4.79 Å². The van der Waals surface area contributed by atoms with E-state index in [9.17, 15) is 9.18 Å². The van der Waals surface area contributed by atoms with Crippen LogP contribution in [0.25, 0.3) is 0 Å². The normalized spacial score (nSPS) is 11.0. The van der Waals surface area contributed by atoms with E-state index in [1.54, 1.807) is 0 Å². The first-order chi connectivity index (χ1) is 8.51. The predicted molar refractivity (Wildman–Crippen MR) is 73.5 cm³/mol. The molecule has 0 atom stereocenters. The molecule has 0 heterocycles. The molecule has 0 N–H and O–H groups in total. The maximum Gasteiger partial charge on any atom is 0.166 e. The van der Waals surface area contributed by atoms with E-state index in [4.69, 9.17) is 0 Å². The lowest BCUT2D eigenvalue weighted by Gasteiger charge is -2.17. The summed E-state index contributed by atoms with van der Waals surface area (Å²) in [5, 5.41) is 0. The number of carbonyl (C=O) groups is 1. The quantitative estimate of drug-likeness (QED) is 0.660. The van der Waals surface area contributed by atoms with Crippen molar-refractivity contribution in [3.8, 4) is 0 Å². The van der Waals surface area contributed by atoms with Gasteiger partial charge in [-0.2, -0.15) is 0 Å². The summed E-state index contributed by atoms with van der Waals surface area (Å²) < 4.78 is 13.3. The SMILES string of the molecule is CCCC(CCC)C(=O)c1c(C)cc(F)cc1C. The molecule has 18 heavy (non-hydrogen) atoms. The van der Waals surface area contributed by atoms with Crippen LogP contribution in [0.15, 0.2) is 12.1 Å². The van der Waals surface area contributed by atoms with Crippen LogP contribution in [-0.4, -0.2) is 5.78 Å². The number of rotatable bonds is 6. The van der Waals surface area contributed by atoms with Gasteiger partial charge in [0.25, 0.3) is 0 Å². The Morgan fingerprint density at radius 1 is 1.11 bits per heavy atom. The molecular formula is C16H23FO. The Morgan fingerprint density at radius 3 is 1.94 bits per heavy atom. The van der Waals surface area contributed by atoms with Crippen molar-refractivity contribution in [1.82, 2.24) is 0 Å². The molecule has 1 aromatic rings. The standard InChI is InChI=1S/C16H23FO/c1-5-7-13(8-6-2)16(18)15-11(3)9-14(17)10-12(15)4/h9-10,13H,5-8H2,1-4H3. The summed E-state index contributed by atoms with van der Waals surface area (Å²) in [6.07, 6.45) is 3.86. The summed E-state index contributed by atoms with van der Waals surface area (Å²) in [5.74, 6) is 0.0145. The highest BCUT2D eigenvalue weighted by atomic mass is 19.1. The molecule has 0 bridgehead atoms. The molecule has 1 rings (SSSR count). The molecule has 0 aliphatic heterocycles. The Hall–Kier alpha value is -1.18. The Kier molecular flexibility index (Phi) is 5.52. The van der Waals surface area contributed by atoms with Crippen LogP contribution in [0.1, 0.15) is 61.0 Å². The van der Waals surface area contributed by atoms with E-state index in [2.05, 4.69) is 13.8 Å². The third kappa shape index (κ3) is 3.41. The van der Waals surface area contributed by atoms with Gasteiger partial charge in [0.05, 0.1) is 0 Å². The summed E-state index contributed by atoms with van der Waals surface area (Å²) >= 11 is 0. The van der Waals surface area contributed by atoms with Crippen LogP contribution >= 0.6 is 0 Å². The number of ketones is 1. The molecule has 0 aliphatic carbocycles. The smallest absolute Gasteiger partial charge is 0.166 e. The van der Waals surface area contributed by atoms with Gasteiger partial charge in [-0.15, -0.1) is 0 Å². The van der Waals surface area contributed by atoms with E-state index >= 15 is 0 Å². The maximum absolute atomic E-state index is 13.3. The van der Waals surface area contributed by atoms with E-state index < -0.39 is 0 Å². The largest absolute Gasteiger partial charge is 0.294 e. The number of halogens is 1. The number of hydrogen-bond donors (Lipinski definition) is 0. The highest BCUT2D eigenvalue weighted by Crippen LogP contribution is 2.24. The van der Waals surface area contributed by atoms with Crippen LogP contribution in [0.5, 0.6) is 0 Å². The second-order valence-corrected chi connectivity index (χ2v) is 5.05. The minimum Gasteiger partial charge on any atom is -0.294 e. The van der Waals surface area contributed by atoms with Gasteiger partial charge >= 0.3 is 0 Å². The van der Waals surface area contributed by atoms with E-state index in [0.717, 1.165) is 42.4 Å². The molecule has 0 fully saturated rings. The second kappa shape index (κ2) is 6.67. The topological polar surface area (TPSA) is 17.1 Å². The molecule has 0 saturated carbocycles. The van der Waals surface area contributed by atoms with Gasteiger partial charge in [0.15, 0.2) is 5.78 Å². The molecule has 0 spiro atoms. The van der Waals surface area contributed by atoms with Crippen LogP contribution in [0.4, 0.5) is 4.39 Å². The zero-order chi connectivity index (χ0) is 13.7. The van der Waals surface area contributed by atoms with Crippen molar-refractivity contribution in [2.45, 2.75) is 53.4 Å². The van der Waals surface area contributed by atoms with Gasteiger partial charge in [-0.05, 0) is 49.9 Å². The molecular weight excluding hydrogens is 227 g/mol. The summed E-state index contributed by atoms with van der Waals surface area (Å²) in [6.45, 7) is 7.83. The number of carbonyl (C=O) groups excluding carboxylic acids is 1. The van der Waals surface area contributed by atoms with Crippen LogP contribution in [0.2, 0.25) is 0 Å². The first kappa shape index (κ1) is 14.9. The van der Waals surface area contributed by atoms with Gasteiger partial charge in [0.2, 0.25) is 0 Å². The van der Waals surface area contributed by atoms with Crippen LogP contribution in [0, 0.1) is 25.6 Å². The molecule has 1 nitrogen and oxygen atoms in total. The van der Waals surface area contributed by atoms with Gasteiger partial charge < -0.3 is 0 Å². The van der Waals surface area contributed by atoms with Crippen LogP contribution in [-0.2, 0) is 0 Å². The second-order valence-electron chi connectivity index (χ2n) is 5.05. The number of benzene rings is 1. The highest BCUT2D eigenvalue weighted by Gasteiger charge is 2.22. The molecule has 100 valence electrons. The number of hydrogen-bond acceptors (Lipinski definition) is 1. The van der Waals surface area contributed by atoms with Crippen molar-refractivity contribution < 1.29 is 9.18 Å². The van der Waals surface area contributed by atoms with Crippen molar-refractivity contribution in [3.63, 3.8) is 0 Å². The molecule has 2 heteroatoms. The lowest BCUT2D eigenvalue weighted by molar-refractivity contribution is 0.0903. The van der Waals surface area contributed by atoms with Crippen molar-refractivity contribution in [1.29, 1.82) is 0 Å². The Labute approximate surface area is 109 Å². The van der Waals surface area contributed by atoms with E-state index in [-0.39, 0.29) is 17.5 Å². The third-order valence-electron chi connectivity index (χ3n) is 3.39. The summed E-state index contributed by atoms with van der Waals surface area (Å²) in [6, 6.07) is 2.91. The number of aryl methyl sites for hydroxylation is 2. The minimum atomic E-state index is -0.260. The van der Waals surface area contributed by atoms with Crippen molar-refractivity contribution in [3.05, 3.63) is 34.6 Å². The molecule has 0 saturated heterocycles. The average molecular weight is 250 g/mol. The van der Waals surface area contributed by atoms with E-state index in [0.29, 0.717) is 0 Å². The highest BCUT2D eigenvalue weighted by molar-refractivity contribution is 6.00. The monoisotopic (exact) mass is 250 g/mol. The maximum atomic E-state index is 13.3. The van der Waals surface area contributed by atoms with Gasteiger partial charge in [0.1, 0.15) is 5.82 Å². The lowest BCUT2D eigenvalue weighted by Crippen LogP contribution is -2.17. The third-order valence-corrected chi connectivity index (χ3v) is 3.39. The zero-order valence-corrected chi connectivity index (χ0v) is 11.8. The fourth-order valence-corrected chi connectivity index (χ4v) is 2.61. The van der Waals surface area contributed by atoms with Crippen molar-refractivity contribution >= 4 is 5.78 Å².